The van der Waals surface area contributed by atoms with Crippen LogP contribution in [-0.4, -0.2) is 23.4 Å². The predicted molar refractivity (Wildman–Crippen MR) is 155 cm³/mol. The number of benzene rings is 4. The molecule has 0 unspecified atom stereocenters. The molecule has 4 aromatic rings. The van der Waals surface area contributed by atoms with Gasteiger partial charge in [-0.15, -0.1) is 0 Å². The van der Waals surface area contributed by atoms with Gasteiger partial charge in [0.25, 0.3) is 11.8 Å². The van der Waals surface area contributed by atoms with Gasteiger partial charge < -0.3 is 0 Å². The molecule has 198 valence electrons. The fourth-order valence-corrected chi connectivity index (χ4v) is 4.87. The van der Waals surface area contributed by atoms with E-state index in [1.807, 2.05) is 6.92 Å². The van der Waals surface area contributed by atoms with Crippen molar-refractivity contribution in [2.45, 2.75) is 26.2 Å². The van der Waals surface area contributed by atoms with Crippen LogP contribution < -0.4 is 10.4 Å². The predicted octanol–water partition coefficient (Wildman–Crippen LogP) is 6.70. The topological polar surface area (TPSA) is 83.6 Å². The molecule has 0 radical (unpaired) electrons. The first-order valence-electron chi connectivity index (χ1n) is 13.3. The van der Waals surface area contributed by atoms with Crippen molar-refractivity contribution < 1.29 is 19.2 Å². The van der Waals surface area contributed by atoms with Crippen molar-refractivity contribution in [1.82, 2.24) is 5.43 Å². The van der Waals surface area contributed by atoms with Crippen molar-refractivity contribution in [2.24, 2.45) is 0 Å². The molecule has 0 heterocycles. The Morgan fingerprint density at radius 2 is 1.18 bits per heavy atom. The lowest BCUT2D eigenvalue weighted by Gasteiger charge is -2.28. The molecule has 0 saturated carbocycles. The van der Waals surface area contributed by atoms with E-state index in [1.165, 1.54) is 5.01 Å². The summed E-state index contributed by atoms with van der Waals surface area (Å²) in [4.78, 5) is 54.9. The first-order valence-corrected chi connectivity index (χ1v) is 13.3. The molecule has 0 bridgehead atoms. The normalized spacial score (nSPS) is 12.6. The summed E-state index contributed by atoms with van der Waals surface area (Å²) in [7, 11) is 0. The van der Waals surface area contributed by atoms with Gasteiger partial charge in [-0.25, -0.2) is 5.01 Å². The number of fused-ring (bicyclic) bond motifs is 1. The van der Waals surface area contributed by atoms with Gasteiger partial charge in [0.05, 0.1) is 5.69 Å². The van der Waals surface area contributed by atoms with Crippen molar-refractivity contribution >= 4 is 34.6 Å². The number of nitrogens with one attached hydrogen (secondary N) is 1. The van der Waals surface area contributed by atoms with E-state index in [1.54, 1.807) is 109 Å². The average Bonchev–Trinajstić information content (AvgIpc) is 3.01. The Hall–Kier alpha value is -5.10. The van der Waals surface area contributed by atoms with Gasteiger partial charge in [0.15, 0.2) is 11.6 Å². The van der Waals surface area contributed by atoms with Gasteiger partial charge in [0, 0.05) is 39.0 Å². The largest absolute Gasteiger partial charge is 0.289 e. The molecule has 0 spiro atoms. The minimum Gasteiger partial charge on any atom is -0.289 e. The van der Waals surface area contributed by atoms with Crippen LogP contribution in [0.25, 0.3) is 5.57 Å². The molecule has 0 saturated heterocycles. The molecular formula is C34H28N2O4. The van der Waals surface area contributed by atoms with Gasteiger partial charge in [-0.3, -0.25) is 24.6 Å². The minimum atomic E-state index is -0.490. The summed E-state index contributed by atoms with van der Waals surface area (Å²) in [6.07, 6.45) is 1.98. The van der Waals surface area contributed by atoms with E-state index in [2.05, 4.69) is 5.43 Å². The number of nitrogens with zero attached hydrogens (tertiary/aromatic N) is 1. The van der Waals surface area contributed by atoms with Crippen LogP contribution in [-0.2, 0) is 0 Å². The number of hydrazine groups is 1. The third-order valence-corrected chi connectivity index (χ3v) is 6.89. The van der Waals surface area contributed by atoms with Gasteiger partial charge in [-0.2, -0.15) is 0 Å². The minimum absolute atomic E-state index is 0.192. The van der Waals surface area contributed by atoms with Crippen LogP contribution in [0.4, 0.5) is 5.69 Å². The molecule has 0 atom stereocenters. The van der Waals surface area contributed by atoms with Gasteiger partial charge >= 0.3 is 0 Å². The van der Waals surface area contributed by atoms with Crippen LogP contribution in [0.2, 0.25) is 0 Å². The summed E-state index contributed by atoms with van der Waals surface area (Å²) in [5.74, 6) is -1.45. The highest BCUT2D eigenvalue weighted by molar-refractivity contribution is 6.41. The summed E-state index contributed by atoms with van der Waals surface area (Å²) >= 11 is 0. The van der Waals surface area contributed by atoms with Crippen molar-refractivity contribution in [1.29, 1.82) is 0 Å². The maximum absolute atomic E-state index is 14.0. The van der Waals surface area contributed by atoms with E-state index < -0.39 is 11.8 Å². The monoisotopic (exact) mass is 528 g/mol. The molecule has 1 N–H and O–H groups in total. The van der Waals surface area contributed by atoms with Crippen LogP contribution >= 0.6 is 0 Å². The number of rotatable bonds is 7. The first kappa shape index (κ1) is 26.5. The van der Waals surface area contributed by atoms with Crippen LogP contribution in [0.15, 0.2) is 115 Å². The fourth-order valence-electron chi connectivity index (χ4n) is 4.87. The lowest BCUT2D eigenvalue weighted by Crippen LogP contribution is -2.47. The van der Waals surface area contributed by atoms with Gasteiger partial charge in [0.2, 0.25) is 0 Å². The van der Waals surface area contributed by atoms with Crippen molar-refractivity contribution in [3.8, 4) is 0 Å². The Morgan fingerprint density at radius 3 is 1.80 bits per heavy atom. The molecule has 2 amide bonds. The van der Waals surface area contributed by atoms with Crippen LogP contribution in [0, 0.1) is 0 Å². The number of allylic oxidation sites excluding steroid dienone is 2. The Bertz CT molecular complexity index is 1620. The lowest BCUT2D eigenvalue weighted by atomic mass is 9.79. The van der Waals surface area contributed by atoms with Crippen molar-refractivity contribution in [3.05, 3.63) is 143 Å². The summed E-state index contributed by atoms with van der Waals surface area (Å²) in [5.41, 5.74) is 5.55. The molecule has 1 aliphatic rings. The zero-order valence-corrected chi connectivity index (χ0v) is 22.1. The number of amides is 2. The van der Waals surface area contributed by atoms with Gasteiger partial charge in [-0.05, 0) is 43.2 Å². The van der Waals surface area contributed by atoms with Gasteiger partial charge in [-0.1, -0.05) is 92.2 Å². The fraction of sp³-hybridized carbons (Fsp3) is 0.118. The first-order chi connectivity index (χ1) is 19.5. The quantitative estimate of drug-likeness (QED) is 0.271. The van der Waals surface area contributed by atoms with E-state index >= 15 is 0 Å². The van der Waals surface area contributed by atoms with Crippen LogP contribution in [0.3, 0.4) is 0 Å². The molecule has 4 aromatic carbocycles. The molecule has 0 fully saturated rings. The Labute approximate surface area is 232 Å². The number of hydrogen-bond donors (Lipinski definition) is 1. The Morgan fingerprint density at radius 1 is 0.650 bits per heavy atom. The van der Waals surface area contributed by atoms with E-state index in [-0.39, 0.29) is 17.1 Å². The number of hydrogen-bond acceptors (Lipinski definition) is 4. The zero-order chi connectivity index (χ0) is 28.1. The SMILES string of the molecule is CCCCC1=C(c2ccccc2N(NC(=O)c2ccccc2)C(=O)c2ccccc2)C(=O)c2ccccc2C1=O. The Balaban J connectivity index is 1.68. The Kier molecular flexibility index (Phi) is 7.78. The zero-order valence-electron chi connectivity index (χ0n) is 22.1. The number of unbranched alkanes of at least 4 members (excludes halogenated alkanes) is 1. The van der Waals surface area contributed by atoms with Crippen LogP contribution in [0.5, 0.6) is 0 Å². The van der Waals surface area contributed by atoms with E-state index in [0.717, 1.165) is 12.8 Å². The second-order valence-corrected chi connectivity index (χ2v) is 9.49. The number of anilines is 1. The number of Topliss-reactive ketones (excluding diaryl/α,β-unsaturated/α-hetero) is 2. The van der Waals surface area contributed by atoms with E-state index in [0.29, 0.717) is 45.5 Å². The highest BCUT2D eigenvalue weighted by atomic mass is 16.2. The number of carbonyl (C=O) groups excluding carboxylic acids is 4. The average molecular weight is 529 g/mol. The third-order valence-electron chi connectivity index (χ3n) is 6.89. The molecule has 5 rings (SSSR count). The molecule has 1 aliphatic carbocycles. The number of ketones is 2. The second-order valence-electron chi connectivity index (χ2n) is 9.49. The number of para-hydroxylation sites is 1. The maximum atomic E-state index is 14.0. The maximum Gasteiger partial charge on any atom is 0.277 e. The van der Waals surface area contributed by atoms with E-state index in [4.69, 9.17) is 0 Å². The second kappa shape index (κ2) is 11.7. The van der Waals surface area contributed by atoms with Crippen molar-refractivity contribution in [2.75, 3.05) is 5.01 Å². The molecule has 6 nitrogen and oxygen atoms in total. The standard InChI is InChI=1S/C34H28N2O4/c1-2-3-18-28-30(32(38)26-20-11-10-19-25(26)31(28)37)27-21-12-13-22-29(27)36(34(40)24-16-8-5-9-17-24)35-33(39)23-14-6-4-7-15-23/h4-17,19-22H,2-3,18H2,1H3,(H,35,39). The van der Waals surface area contributed by atoms with E-state index in [9.17, 15) is 19.2 Å². The number of carbonyl (C=O) groups is 4. The molecule has 6 heteroatoms. The summed E-state index contributed by atoms with van der Waals surface area (Å²) in [6.45, 7) is 2.02. The van der Waals surface area contributed by atoms with Gasteiger partial charge in [0.1, 0.15) is 0 Å². The molecule has 40 heavy (non-hydrogen) atoms. The molecule has 0 aromatic heterocycles. The summed E-state index contributed by atoms with van der Waals surface area (Å²) in [6, 6.07) is 30.8. The highest BCUT2D eigenvalue weighted by Crippen LogP contribution is 2.38. The summed E-state index contributed by atoms with van der Waals surface area (Å²) in [5, 5.41) is 1.17. The lowest BCUT2D eigenvalue weighted by molar-refractivity contribution is 0.0887. The smallest absolute Gasteiger partial charge is 0.277 e. The molecular weight excluding hydrogens is 500 g/mol. The third kappa shape index (κ3) is 5.12. The molecule has 0 aliphatic heterocycles. The van der Waals surface area contributed by atoms with Crippen LogP contribution in [0.1, 0.15) is 73.2 Å². The summed E-state index contributed by atoms with van der Waals surface area (Å²) < 4.78 is 0. The highest BCUT2D eigenvalue weighted by Gasteiger charge is 2.35. The van der Waals surface area contributed by atoms with Crippen molar-refractivity contribution in [3.63, 3.8) is 0 Å².